The summed E-state index contributed by atoms with van der Waals surface area (Å²) >= 11 is 0. The van der Waals surface area contributed by atoms with Crippen LogP contribution in [0.4, 0.5) is 4.79 Å². The maximum atomic E-state index is 11.9. The minimum Gasteiger partial charge on any atom is -0.481 e. The van der Waals surface area contributed by atoms with Gasteiger partial charge < -0.3 is 20.6 Å². The zero-order valence-corrected chi connectivity index (χ0v) is 12.9. The molecule has 0 aromatic carbocycles. The van der Waals surface area contributed by atoms with E-state index in [0.717, 1.165) is 0 Å². The molecule has 3 amide bonds. The quantitative estimate of drug-likeness (QED) is 0.670. The second-order valence-electron chi connectivity index (χ2n) is 6.05. The average Bonchev–Trinajstić information content (AvgIpc) is 2.85. The van der Waals surface area contributed by atoms with Gasteiger partial charge in [0.25, 0.3) is 0 Å². The molecule has 1 fully saturated rings. The Balaban J connectivity index is 2.31. The Morgan fingerprint density at radius 1 is 1.29 bits per heavy atom. The highest BCUT2D eigenvalue weighted by Crippen LogP contribution is 2.25. The molecule has 0 spiro atoms. The number of carboxylic acid groups (broad SMARTS) is 1. The number of hydrogen-bond acceptors (Lipinski definition) is 3. The summed E-state index contributed by atoms with van der Waals surface area (Å²) in [7, 11) is 1.55. The standard InChI is InChI=1S/C14H25N3O4/c1-9(2)7-15-12(18)8-17(3)14(21)16-11-5-4-10(6-11)13(19)20/h9-11H,4-8H2,1-3H3,(H,15,18)(H,16,21)(H,19,20)/t10-,11+/m1/s1. The van der Waals surface area contributed by atoms with Gasteiger partial charge in [-0.15, -0.1) is 0 Å². The third kappa shape index (κ3) is 6.01. The van der Waals surface area contributed by atoms with Gasteiger partial charge in [0.15, 0.2) is 0 Å². The van der Waals surface area contributed by atoms with Crippen LogP contribution < -0.4 is 10.6 Å². The molecule has 0 aliphatic heterocycles. The van der Waals surface area contributed by atoms with Crippen LogP contribution in [0.25, 0.3) is 0 Å². The first-order valence-corrected chi connectivity index (χ1v) is 7.30. The molecule has 7 nitrogen and oxygen atoms in total. The number of carboxylic acids is 1. The number of aliphatic carboxylic acids is 1. The number of likely N-dealkylation sites (N-methyl/N-ethyl adjacent to an activating group) is 1. The monoisotopic (exact) mass is 299 g/mol. The summed E-state index contributed by atoms with van der Waals surface area (Å²) in [6.07, 6.45) is 1.70. The molecule has 0 unspecified atom stereocenters. The largest absolute Gasteiger partial charge is 0.481 e. The minimum absolute atomic E-state index is 0.00632. The predicted molar refractivity (Wildman–Crippen MR) is 77.8 cm³/mol. The van der Waals surface area contributed by atoms with Crippen LogP contribution in [-0.4, -0.2) is 54.1 Å². The lowest BCUT2D eigenvalue weighted by molar-refractivity contribution is -0.141. The third-order valence-electron chi connectivity index (χ3n) is 3.54. The van der Waals surface area contributed by atoms with E-state index in [-0.39, 0.29) is 30.4 Å². The second-order valence-corrected chi connectivity index (χ2v) is 6.05. The van der Waals surface area contributed by atoms with E-state index in [9.17, 15) is 14.4 Å². The highest BCUT2D eigenvalue weighted by molar-refractivity contribution is 5.84. The molecule has 7 heteroatoms. The number of amides is 3. The van der Waals surface area contributed by atoms with Crippen LogP contribution in [0.5, 0.6) is 0 Å². The molecule has 1 saturated carbocycles. The number of carbonyl (C=O) groups excluding carboxylic acids is 2. The van der Waals surface area contributed by atoms with Crippen LogP contribution in [0.3, 0.4) is 0 Å². The summed E-state index contributed by atoms with van der Waals surface area (Å²) in [5.41, 5.74) is 0. The van der Waals surface area contributed by atoms with Crippen LogP contribution in [0.1, 0.15) is 33.1 Å². The van der Waals surface area contributed by atoms with Gasteiger partial charge in [0, 0.05) is 19.6 Å². The number of hydrogen-bond donors (Lipinski definition) is 3. The molecule has 0 bridgehead atoms. The summed E-state index contributed by atoms with van der Waals surface area (Å²) in [5, 5.41) is 14.4. The maximum Gasteiger partial charge on any atom is 0.317 e. The first-order chi connectivity index (χ1) is 9.79. The summed E-state index contributed by atoms with van der Waals surface area (Å²) in [4.78, 5) is 35.7. The van der Waals surface area contributed by atoms with Gasteiger partial charge in [0.2, 0.25) is 5.91 Å². The molecule has 120 valence electrons. The normalized spacial score (nSPS) is 21.1. The molecular formula is C14H25N3O4. The van der Waals surface area contributed by atoms with E-state index in [2.05, 4.69) is 10.6 Å². The van der Waals surface area contributed by atoms with E-state index < -0.39 is 5.97 Å². The molecule has 21 heavy (non-hydrogen) atoms. The van der Waals surface area contributed by atoms with E-state index in [1.165, 1.54) is 4.90 Å². The fourth-order valence-corrected chi connectivity index (χ4v) is 2.28. The van der Waals surface area contributed by atoms with Gasteiger partial charge >= 0.3 is 12.0 Å². The topological polar surface area (TPSA) is 98.7 Å². The van der Waals surface area contributed by atoms with Gasteiger partial charge in [-0.1, -0.05) is 13.8 Å². The van der Waals surface area contributed by atoms with Crippen molar-refractivity contribution in [1.82, 2.24) is 15.5 Å². The van der Waals surface area contributed by atoms with Crippen LogP contribution in [0.2, 0.25) is 0 Å². The number of nitrogens with zero attached hydrogens (tertiary/aromatic N) is 1. The fourth-order valence-electron chi connectivity index (χ4n) is 2.28. The molecule has 0 radical (unpaired) electrons. The van der Waals surface area contributed by atoms with E-state index in [0.29, 0.717) is 31.7 Å². The third-order valence-corrected chi connectivity index (χ3v) is 3.54. The SMILES string of the molecule is CC(C)CNC(=O)CN(C)C(=O)N[C@H]1CC[C@@H](C(=O)O)C1. The Bertz CT molecular complexity index is 398. The summed E-state index contributed by atoms with van der Waals surface area (Å²) in [6, 6.07) is -0.467. The Kier molecular flexibility index (Phi) is 6.45. The molecule has 0 saturated heterocycles. The lowest BCUT2D eigenvalue weighted by atomic mass is 10.1. The molecule has 0 heterocycles. The Morgan fingerprint density at radius 2 is 1.95 bits per heavy atom. The molecule has 1 aliphatic rings. The van der Waals surface area contributed by atoms with Gasteiger partial charge in [-0.05, 0) is 25.2 Å². The molecular weight excluding hydrogens is 274 g/mol. The van der Waals surface area contributed by atoms with Crippen molar-refractivity contribution in [3.05, 3.63) is 0 Å². The zero-order chi connectivity index (χ0) is 16.0. The molecule has 0 aromatic rings. The Morgan fingerprint density at radius 3 is 2.48 bits per heavy atom. The van der Waals surface area contributed by atoms with E-state index in [1.54, 1.807) is 7.05 Å². The van der Waals surface area contributed by atoms with Crippen LogP contribution in [0, 0.1) is 11.8 Å². The van der Waals surface area contributed by atoms with Crippen molar-refractivity contribution < 1.29 is 19.5 Å². The lowest BCUT2D eigenvalue weighted by Crippen LogP contribution is -2.46. The second kappa shape index (κ2) is 7.85. The van der Waals surface area contributed by atoms with Crippen LogP contribution in [0.15, 0.2) is 0 Å². The first-order valence-electron chi connectivity index (χ1n) is 7.30. The summed E-state index contributed by atoms with van der Waals surface area (Å²) in [6.45, 7) is 4.57. The van der Waals surface area contributed by atoms with Crippen molar-refractivity contribution >= 4 is 17.9 Å². The molecule has 3 N–H and O–H groups in total. The first kappa shape index (κ1) is 17.3. The van der Waals surface area contributed by atoms with Crippen molar-refractivity contribution in [2.45, 2.75) is 39.2 Å². The maximum absolute atomic E-state index is 11.9. The number of carbonyl (C=O) groups is 3. The number of urea groups is 1. The Labute approximate surface area is 125 Å². The van der Waals surface area contributed by atoms with E-state index in [4.69, 9.17) is 5.11 Å². The molecule has 0 aromatic heterocycles. The number of rotatable bonds is 6. The van der Waals surface area contributed by atoms with Crippen molar-refractivity contribution in [1.29, 1.82) is 0 Å². The van der Waals surface area contributed by atoms with Gasteiger partial charge in [-0.2, -0.15) is 0 Å². The minimum atomic E-state index is -0.812. The summed E-state index contributed by atoms with van der Waals surface area (Å²) < 4.78 is 0. The lowest BCUT2D eigenvalue weighted by Gasteiger charge is -2.21. The van der Waals surface area contributed by atoms with Crippen molar-refractivity contribution in [2.75, 3.05) is 20.1 Å². The smallest absolute Gasteiger partial charge is 0.317 e. The fraction of sp³-hybridized carbons (Fsp3) is 0.786. The van der Waals surface area contributed by atoms with E-state index in [1.807, 2.05) is 13.8 Å². The van der Waals surface area contributed by atoms with Gasteiger partial charge in [-0.3, -0.25) is 9.59 Å². The van der Waals surface area contributed by atoms with Crippen molar-refractivity contribution in [3.63, 3.8) is 0 Å². The van der Waals surface area contributed by atoms with Crippen molar-refractivity contribution in [3.8, 4) is 0 Å². The molecule has 2 atom stereocenters. The van der Waals surface area contributed by atoms with Crippen LogP contribution >= 0.6 is 0 Å². The highest BCUT2D eigenvalue weighted by Gasteiger charge is 2.31. The van der Waals surface area contributed by atoms with Gasteiger partial charge in [0.05, 0.1) is 5.92 Å². The van der Waals surface area contributed by atoms with Crippen molar-refractivity contribution in [2.24, 2.45) is 11.8 Å². The van der Waals surface area contributed by atoms with Crippen LogP contribution in [-0.2, 0) is 9.59 Å². The van der Waals surface area contributed by atoms with Gasteiger partial charge in [-0.25, -0.2) is 4.79 Å². The highest BCUT2D eigenvalue weighted by atomic mass is 16.4. The molecule has 1 aliphatic carbocycles. The average molecular weight is 299 g/mol. The Hall–Kier alpha value is -1.79. The summed E-state index contributed by atoms with van der Waals surface area (Å²) in [5.74, 6) is -1.03. The van der Waals surface area contributed by atoms with E-state index >= 15 is 0 Å². The number of nitrogens with one attached hydrogen (secondary N) is 2. The predicted octanol–water partition coefficient (Wildman–Crippen LogP) is 0.653. The molecule has 1 rings (SSSR count). The zero-order valence-electron chi connectivity index (χ0n) is 12.9. The van der Waals surface area contributed by atoms with Gasteiger partial charge in [0.1, 0.15) is 6.54 Å².